The third-order valence-corrected chi connectivity index (χ3v) is 6.31. The first-order chi connectivity index (χ1) is 15.9. The zero-order valence-corrected chi connectivity index (χ0v) is 18.2. The Bertz CT molecular complexity index is 1260. The Balaban J connectivity index is 1.36. The largest absolute Gasteiger partial charge is 0.467 e. The van der Waals surface area contributed by atoms with Crippen molar-refractivity contribution in [1.29, 1.82) is 0 Å². The highest BCUT2D eigenvalue weighted by Crippen LogP contribution is 2.42. The van der Waals surface area contributed by atoms with E-state index in [1.807, 2.05) is 35.0 Å². The first-order valence-corrected chi connectivity index (χ1v) is 11.4. The predicted molar refractivity (Wildman–Crippen MR) is 116 cm³/mol. The summed E-state index contributed by atoms with van der Waals surface area (Å²) in [7, 11) is 0. The van der Waals surface area contributed by atoms with Crippen LogP contribution in [0, 0.1) is 0 Å². The molecule has 1 aromatic carbocycles. The number of hydrogen-bond donors (Lipinski definition) is 1. The van der Waals surface area contributed by atoms with E-state index in [1.54, 1.807) is 12.1 Å². The number of amides is 1. The molecular formula is C22H20F3N5O2S. The lowest BCUT2D eigenvalue weighted by Crippen LogP contribution is -2.39. The van der Waals surface area contributed by atoms with Gasteiger partial charge in [0.25, 0.3) is 0 Å². The second-order valence-electron chi connectivity index (χ2n) is 7.89. The van der Waals surface area contributed by atoms with Crippen LogP contribution in [0.15, 0.2) is 58.4 Å². The maximum absolute atomic E-state index is 13.1. The van der Waals surface area contributed by atoms with Crippen molar-refractivity contribution in [2.45, 2.75) is 36.8 Å². The summed E-state index contributed by atoms with van der Waals surface area (Å²) in [5, 5.41) is 10.2. The molecule has 0 aliphatic heterocycles. The topological polar surface area (TPSA) is 80.0 Å². The molecule has 1 fully saturated rings. The SMILES string of the molecule is O=C(CSc1nnc(-c2c[nH]c3ccccc23)n1C1CC1)N(Cc1ccco1)CC(F)(F)F. The Labute approximate surface area is 191 Å². The zero-order valence-electron chi connectivity index (χ0n) is 17.4. The van der Waals surface area contributed by atoms with Crippen LogP contribution < -0.4 is 0 Å². The van der Waals surface area contributed by atoms with Gasteiger partial charge < -0.3 is 14.3 Å². The Hall–Kier alpha value is -3.21. The van der Waals surface area contributed by atoms with Gasteiger partial charge in [0.05, 0.1) is 18.6 Å². The lowest BCUT2D eigenvalue weighted by Gasteiger charge is -2.22. The van der Waals surface area contributed by atoms with Crippen LogP contribution >= 0.6 is 11.8 Å². The number of nitrogens with zero attached hydrogens (tertiary/aromatic N) is 4. The molecule has 3 aromatic heterocycles. The lowest BCUT2D eigenvalue weighted by molar-refractivity contribution is -0.161. The van der Waals surface area contributed by atoms with E-state index in [-0.39, 0.29) is 18.3 Å². The first kappa shape index (κ1) is 21.6. The minimum absolute atomic E-state index is 0.185. The van der Waals surface area contributed by atoms with Crippen LogP contribution in [-0.4, -0.2) is 49.0 Å². The first-order valence-electron chi connectivity index (χ1n) is 10.4. The summed E-state index contributed by atoms with van der Waals surface area (Å²) in [5.74, 6) is 0.149. The molecule has 1 saturated carbocycles. The second-order valence-corrected chi connectivity index (χ2v) is 8.83. The van der Waals surface area contributed by atoms with Crippen LogP contribution in [0.2, 0.25) is 0 Å². The molecular weight excluding hydrogens is 455 g/mol. The lowest BCUT2D eigenvalue weighted by atomic mass is 10.1. The van der Waals surface area contributed by atoms with Gasteiger partial charge in [-0.15, -0.1) is 10.2 Å². The smallest absolute Gasteiger partial charge is 0.406 e. The van der Waals surface area contributed by atoms with Crippen molar-refractivity contribution in [3.8, 4) is 11.4 Å². The van der Waals surface area contributed by atoms with E-state index < -0.39 is 18.6 Å². The molecule has 4 aromatic rings. The van der Waals surface area contributed by atoms with Crippen molar-refractivity contribution < 1.29 is 22.4 Å². The molecule has 172 valence electrons. The van der Waals surface area contributed by atoms with E-state index in [4.69, 9.17) is 4.42 Å². The van der Waals surface area contributed by atoms with E-state index in [0.29, 0.717) is 16.7 Å². The molecule has 1 aliphatic rings. The third kappa shape index (κ3) is 4.77. The Morgan fingerprint density at radius 2 is 2.03 bits per heavy atom. The monoisotopic (exact) mass is 475 g/mol. The predicted octanol–water partition coefficient (Wildman–Crippen LogP) is 5.04. The number of rotatable bonds is 8. The molecule has 0 atom stereocenters. The standard InChI is InChI=1S/C22H20F3N5O2S/c23-22(24,25)13-29(11-15-4-3-9-32-15)19(31)12-33-21-28-27-20(30(21)14-7-8-14)17-10-26-18-6-2-1-5-16(17)18/h1-6,9-10,14,26H,7-8,11-13H2. The number of fused-ring (bicyclic) bond motifs is 1. The number of halogens is 3. The summed E-state index contributed by atoms with van der Waals surface area (Å²) in [4.78, 5) is 16.7. The molecule has 0 radical (unpaired) electrons. The number of para-hydroxylation sites is 1. The molecule has 5 rings (SSSR count). The van der Waals surface area contributed by atoms with Crippen LogP contribution in [0.1, 0.15) is 24.6 Å². The maximum atomic E-state index is 13.1. The van der Waals surface area contributed by atoms with E-state index >= 15 is 0 Å². The number of carbonyl (C=O) groups excluding carboxylic acids is 1. The normalized spacial score (nSPS) is 14.2. The third-order valence-electron chi connectivity index (χ3n) is 5.38. The summed E-state index contributed by atoms with van der Waals surface area (Å²) in [6, 6.07) is 11.2. The number of alkyl halides is 3. The number of aromatic nitrogens is 4. The molecule has 0 bridgehead atoms. The van der Waals surface area contributed by atoms with Gasteiger partial charge in [0, 0.05) is 28.7 Å². The summed E-state index contributed by atoms with van der Waals surface area (Å²) in [5.41, 5.74) is 1.88. The quantitative estimate of drug-likeness (QED) is 0.361. The summed E-state index contributed by atoms with van der Waals surface area (Å²) >= 11 is 1.10. The van der Waals surface area contributed by atoms with Crippen LogP contribution in [0.4, 0.5) is 13.2 Å². The summed E-state index contributed by atoms with van der Waals surface area (Å²) in [6.45, 7) is -1.59. The average Bonchev–Trinajstić information content (AvgIpc) is 3.15. The van der Waals surface area contributed by atoms with Crippen LogP contribution in [-0.2, 0) is 11.3 Å². The number of H-pyrrole nitrogens is 1. The maximum Gasteiger partial charge on any atom is 0.406 e. The van der Waals surface area contributed by atoms with Crippen molar-refractivity contribution >= 4 is 28.6 Å². The van der Waals surface area contributed by atoms with Crippen molar-refractivity contribution in [2.75, 3.05) is 12.3 Å². The molecule has 7 nitrogen and oxygen atoms in total. The van der Waals surface area contributed by atoms with Gasteiger partial charge in [-0.3, -0.25) is 9.36 Å². The zero-order chi connectivity index (χ0) is 23.0. The molecule has 1 aliphatic carbocycles. The van der Waals surface area contributed by atoms with Gasteiger partial charge in [0.1, 0.15) is 12.3 Å². The minimum atomic E-state index is -4.51. The fourth-order valence-electron chi connectivity index (χ4n) is 3.73. The number of hydrogen-bond acceptors (Lipinski definition) is 5. The number of thioether (sulfide) groups is 1. The second kappa shape index (κ2) is 8.62. The molecule has 33 heavy (non-hydrogen) atoms. The van der Waals surface area contributed by atoms with Gasteiger partial charge in [-0.2, -0.15) is 13.2 Å². The number of nitrogens with one attached hydrogen (secondary N) is 1. The summed E-state index contributed by atoms with van der Waals surface area (Å²) < 4.78 is 46.3. The molecule has 0 unspecified atom stereocenters. The van der Waals surface area contributed by atoms with Crippen LogP contribution in [0.3, 0.4) is 0 Å². The minimum Gasteiger partial charge on any atom is -0.467 e. The molecule has 3 heterocycles. The van der Waals surface area contributed by atoms with Crippen molar-refractivity contribution in [2.24, 2.45) is 0 Å². The molecule has 1 N–H and O–H groups in total. The highest BCUT2D eigenvalue weighted by molar-refractivity contribution is 7.99. The molecule has 11 heteroatoms. The van der Waals surface area contributed by atoms with Gasteiger partial charge in [0.15, 0.2) is 11.0 Å². The molecule has 0 spiro atoms. The van der Waals surface area contributed by atoms with Crippen molar-refractivity contribution in [3.05, 3.63) is 54.6 Å². The number of furan rings is 1. The highest BCUT2D eigenvalue weighted by Gasteiger charge is 2.34. The van der Waals surface area contributed by atoms with E-state index in [9.17, 15) is 18.0 Å². The Morgan fingerprint density at radius 1 is 1.21 bits per heavy atom. The Kier molecular flexibility index (Phi) is 5.65. The van der Waals surface area contributed by atoms with Gasteiger partial charge >= 0.3 is 6.18 Å². The average molecular weight is 475 g/mol. The van der Waals surface area contributed by atoms with Crippen LogP contribution in [0.5, 0.6) is 0 Å². The van der Waals surface area contributed by atoms with Gasteiger partial charge in [-0.1, -0.05) is 30.0 Å². The molecule has 1 amide bonds. The van der Waals surface area contributed by atoms with Crippen molar-refractivity contribution in [3.63, 3.8) is 0 Å². The van der Waals surface area contributed by atoms with E-state index in [1.165, 1.54) is 6.26 Å². The fourth-order valence-corrected chi connectivity index (χ4v) is 4.64. The number of aromatic amines is 1. The van der Waals surface area contributed by atoms with Gasteiger partial charge in [-0.25, -0.2) is 0 Å². The molecule has 0 saturated heterocycles. The van der Waals surface area contributed by atoms with Gasteiger partial charge in [0.2, 0.25) is 5.91 Å². The Morgan fingerprint density at radius 3 is 2.76 bits per heavy atom. The van der Waals surface area contributed by atoms with Crippen LogP contribution in [0.25, 0.3) is 22.3 Å². The van der Waals surface area contributed by atoms with E-state index in [2.05, 4.69) is 15.2 Å². The number of carbonyl (C=O) groups is 1. The van der Waals surface area contributed by atoms with E-state index in [0.717, 1.165) is 46.0 Å². The van der Waals surface area contributed by atoms with Gasteiger partial charge in [-0.05, 0) is 31.0 Å². The number of benzene rings is 1. The highest BCUT2D eigenvalue weighted by atomic mass is 32.2. The van der Waals surface area contributed by atoms with Crippen molar-refractivity contribution in [1.82, 2.24) is 24.6 Å². The summed E-state index contributed by atoms with van der Waals surface area (Å²) in [6.07, 6.45) is 0.664. The fraction of sp³-hybridized carbons (Fsp3) is 0.318.